The van der Waals surface area contributed by atoms with Gasteiger partial charge in [-0.05, 0) is 56.8 Å². The van der Waals surface area contributed by atoms with E-state index < -0.39 is 10.1 Å². The summed E-state index contributed by atoms with van der Waals surface area (Å²) in [6.07, 6.45) is 69.4. The molecule has 0 heterocycles. The van der Waals surface area contributed by atoms with Crippen molar-refractivity contribution >= 4 is 10.1 Å². The highest BCUT2D eigenvalue weighted by molar-refractivity contribution is 7.85. The van der Waals surface area contributed by atoms with Crippen LogP contribution >= 0.6 is 0 Å². The number of hydrogen-bond donors (Lipinski definition) is 1. The van der Waals surface area contributed by atoms with Gasteiger partial charge in [-0.15, -0.1) is 0 Å². The quantitative estimate of drug-likeness (QED) is 0.0377. The normalized spacial score (nSPS) is 12.7. The largest absolute Gasteiger partial charge is 0.285 e. The average molecular weight is 835 g/mol. The average Bonchev–Trinajstić information content (AvgIpc) is 3.21. The van der Waals surface area contributed by atoms with Crippen molar-refractivity contribution in [2.24, 2.45) is 0 Å². The summed E-state index contributed by atoms with van der Waals surface area (Å²) in [7, 11) is -4.05. The van der Waals surface area contributed by atoms with Gasteiger partial charge in [0, 0.05) is 0 Å². The van der Waals surface area contributed by atoms with Gasteiger partial charge in [0.1, 0.15) is 30.9 Å². The molecule has 0 aromatic heterocycles. The van der Waals surface area contributed by atoms with E-state index in [9.17, 15) is 13.0 Å². The smallest absolute Gasteiger partial charge is 0.270 e. The Morgan fingerprint density at radius 2 is 0.517 bits per heavy atom. The predicted octanol–water partition coefficient (Wildman–Crippen LogP) is 18.7. The first-order chi connectivity index (χ1) is 28.4. The molecule has 0 aliphatic carbocycles. The molecule has 0 atom stereocenters. The molecule has 0 rings (SSSR count). The molecule has 4 nitrogen and oxygen atoms in total. The van der Waals surface area contributed by atoms with Crippen LogP contribution in [0.3, 0.4) is 0 Å². The van der Waals surface area contributed by atoms with Gasteiger partial charge in [-0.2, -0.15) is 8.42 Å². The van der Waals surface area contributed by atoms with Crippen molar-refractivity contribution in [2.45, 2.75) is 290 Å². The van der Waals surface area contributed by atoms with Gasteiger partial charge in [0.05, 0.1) is 0 Å². The van der Waals surface area contributed by atoms with Crippen LogP contribution in [0.4, 0.5) is 0 Å². The van der Waals surface area contributed by atoms with Crippen LogP contribution in [0.25, 0.3) is 0 Å². The molecule has 0 amide bonds. The zero-order valence-electron chi connectivity index (χ0n) is 39.7. The lowest BCUT2D eigenvalue weighted by molar-refractivity contribution is -0.770. The number of quaternary nitrogens is 1. The van der Waals surface area contributed by atoms with E-state index in [0.717, 1.165) is 19.3 Å². The Kier molecular flexibility index (Phi) is 44.9. The van der Waals surface area contributed by atoms with E-state index in [4.69, 9.17) is 0 Å². The molecule has 0 saturated heterocycles. The first kappa shape index (κ1) is 57.1. The summed E-state index contributed by atoms with van der Waals surface area (Å²) in [6.45, 7) is 7.19. The highest BCUT2D eigenvalue weighted by Crippen LogP contribution is 2.20. The summed E-state index contributed by atoms with van der Waals surface area (Å²) in [5.41, 5.74) is 0. The lowest BCUT2D eigenvalue weighted by atomic mass is 10.0. The molecule has 0 aliphatic heterocycles. The van der Waals surface area contributed by atoms with Crippen molar-refractivity contribution in [1.82, 2.24) is 0 Å². The van der Waals surface area contributed by atoms with Crippen LogP contribution in [-0.4, -0.2) is 29.8 Å². The molecule has 0 fully saturated rings. The maximum atomic E-state index is 12.0. The Morgan fingerprint density at radius 1 is 0.328 bits per heavy atom. The molecule has 0 aromatic carbocycles. The van der Waals surface area contributed by atoms with Crippen molar-refractivity contribution in [3.8, 4) is 0 Å². The molecule has 0 bridgehead atoms. The zero-order valence-corrected chi connectivity index (χ0v) is 40.5. The molecule has 0 radical (unpaired) electrons. The molecule has 344 valence electrons. The van der Waals surface area contributed by atoms with Crippen molar-refractivity contribution in [1.29, 1.82) is 0 Å². The molecule has 0 aliphatic rings. The second-order valence-corrected chi connectivity index (χ2v) is 19.8. The van der Waals surface area contributed by atoms with Crippen LogP contribution in [0.5, 0.6) is 0 Å². The molecule has 0 unspecified atom stereocenters. The number of unbranched alkanes of at least 4 members (excludes halogenated alkanes) is 39. The molecule has 1 N–H and O–H groups in total. The van der Waals surface area contributed by atoms with E-state index in [2.05, 4.69) is 57.6 Å². The summed E-state index contributed by atoms with van der Waals surface area (Å²) in [6, 6.07) is 0. The molecule has 0 spiro atoms. The highest BCUT2D eigenvalue weighted by atomic mass is 32.2. The Bertz CT molecular complexity index is 905. The van der Waals surface area contributed by atoms with Gasteiger partial charge in [0.25, 0.3) is 10.1 Å². The first-order valence-corrected chi connectivity index (χ1v) is 27.9. The topological polar surface area (TPSA) is 54.4 Å². The summed E-state index contributed by atoms with van der Waals surface area (Å²) >= 11 is 0. The van der Waals surface area contributed by atoms with Gasteiger partial charge in [-0.25, -0.2) is 4.48 Å². The second-order valence-electron chi connectivity index (χ2n) is 18.3. The van der Waals surface area contributed by atoms with Gasteiger partial charge in [0.2, 0.25) is 0 Å². The second kappa shape index (κ2) is 45.6. The van der Waals surface area contributed by atoms with Crippen LogP contribution in [0.15, 0.2) is 36.8 Å². The van der Waals surface area contributed by atoms with Gasteiger partial charge < -0.3 is 0 Å². The van der Waals surface area contributed by atoms with Crippen molar-refractivity contribution < 1.29 is 17.5 Å². The molecule has 5 heteroatoms. The first-order valence-electron chi connectivity index (χ1n) is 26.2. The van der Waals surface area contributed by atoms with Crippen LogP contribution in [-0.2, 0) is 10.1 Å². The number of rotatable bonds is 48. The fraction of sp³-hybridized carbons (Fsp3) is 0.887. The lowest BCUT2D eigenvalue weighted by Gasteiger charge is -2.26. The standard InChI is InChI=1S/C53H103NO3S/c1-4-7-10-13-16-19-22-25-28-31-34-37-40-43-46-49-54(52-53-58(55,56)57,50-47-44-41-38-35-32-29-26-23-20-17-14-11-8-5-2)51-48-45-42-39-36-33-30-27-24-21-18-15-12-9-6-3/h46-51H,4-45,52-53H2,1-3H3/p+1/b49-46+,50-47+,51-48+. The van der Waals surface area contributed by atoms with E-state index in [0.29, 0.717) is 11.0 Å². The summed E-state index contributed by atoms with van der Waals surface area (Å²) in [5.74, 6) is -0.234. The van der Waals surface area contributed by atoms with Gasteiger partial charge >= 0.3 is 0 Å². The maximum absolute atomic E-state index is 12.0. The maximum Gasteiger partial charge on any atom is 0.270 e. The third-order valence-corrected chi connectivity index (χ3v) is 13.0. The highest BCUT2D eigenvalue weighted by Gasteiger charge is 2.22. The minimum absolute atomic E-state index is 0.234. The van der Waals surface area contributed by atoms with E-state index in [1.807, 2.05) is 0 Å². The van der Waals surface area contributed by atoms with Crippen LogP contribution < -0.4 is 0 Å². The van der Waals surface area contributed by atoms with Crippen LogP contribution in [0.2, 0.25) is 0 Å². The SMILES string of the molecule is CCCCCCCCCCCCCCC/C=C/[N+](/C=C/CCCCCCCCCCCCCCC)(/C=C/CCCCCCCCCCCCCCC)CCS(=O)(=O)O. The van der Waals surface area contributed by atoms with Crippen molar-refractivity contribution in [3.05, 3.63) is 36.8 Å². The van der Waals surface area contributed by atoms with Gasteiger partial charge in [-0.3, -0.25) is 4.55 Å². The Morgan fingerprint density at radius 3 is 0.707 bits per heavy atom. The Hall–Kier alpha value is -0.910. The van der Waals surface area contributed by atoms with Crippen molar-refractivity contribution in [3.63, 3.8) is 0 Å². The number of nitrogens with zero attached hydrogens (tertiary/aromatic N) is 1. The minimum Gasteiger partial charge on any atom is -0.285 e. The lowest BCUT2D eigenvalue weighted by Crippen LogP contribution is -2.35. The monoisotopic (exact) mass is 835 g/mol. The van der Waals surface area contributed by atoms with Crippen LogP contribution in [0.1, 0.15) is 290 Å². The van der Waals surface area contributed by atoms with E-state index in [1.165, 1.54) is 250 Å². The molecular weight excluding hydrogens is 731 g/mol. The Labute approximate surface area is 365 Å². The minimum atomic E-state index is -4.05. The molecule has 0 aromatic rings. The number of hydrogen-bond acceptors (Lipinski definition) is 2. The van der Waals surface area contributed by atoms with E-state index in [-0.39, 0.29) is 5.75 Å². The fourth-order valence-corrected chi connectivity index (χ4v) is 8.85. The third-order valence-electron chi connectivity index (χ3n) is 12.3. The zero-order chi connectivity index (χ0) is 42.4. The molecule has 0 saturated carbocycles. The predicted molar refractivity (Wildman–Crippen MR) is 260 cm³/mol. The van der Waals surface area contributed by atoms with E-state index in [1.54, 1.807) is 0 Å². The van der Waals surface area contributed by atoms with Gasteiger partial charge in [0.15, 0.2) is 0 Å². The van der Waals surface area contributed by atoms with Crippen LogP contribution in [0, 0.1) is 0 Å². The van der Waals surface area contributed by atoms with Gasteiger partial charge in [-0.1, -0.05) is 252 Å². The fourth-order valence-electron chi connectivity index (χ4n) is 8.30. The Balaban J connectivity index is 4.88. The van der Waals surface area contributed by atoms with Crippen molar-refractivity contribution in [2.75, 3.05) is 12.3 Å². The molecule has 58 heavy (non-hydrogen) atoms. The summed E-state index contributed by atoms with van der Waals surface area (Å²) in [4.78, 5) is 0. The molecular formula is C53H104NO3S+. The van der Waals surface area contributed by atoms with E-state index >= 15 is 0 Å². The summed E-state index contributed by atoms with van der Waals surface area (Å²) < 4.78 is 34.1. The summed E-state index contributed by atoms with van der Waals surface area (Å²) in [5, 5.41) is 0. The third kappa shape index (κ3) is 44.6. The number of allylic oxidation sites excluding steroid dienone is 3.